The van der Waals surface area contributed by atoms with Crippen LogP contribution in [0.4, 0.5) is 10.2 Å². The maximum absolute atomic E-state index is 14.9. The molecular formula is C27H31FN6O2. The molecule has 2 heterocycles. The predicted molar refractivity (Wildman–Crippen MR) is 134 cm³/mol. The number of aromatic nitrogens is 3. The van der Waals surface area contributed by atoms with Crippen molar-refractivity contribution in [3.8, 4) is 0 Å². The zero-order chi connectivity index (χ0) is 25.2. The topological polar surface area (TPSA) is 83.4 Å². The van der Waals surface area contributed by atoms with Crippen LogP contribution in [-0.4, -0.2) is 58.4 Å². The molecular weight excluding hydrogens is 459 g/mol. The van der Waals surface area contributed by atoms with E-state index >= 15 is 0 Å². The van der Waals surface area contributed by atoms with E-state index in [1.54, 1.807) is 11.1 Å². The summed E-state index contributed by atoms with van der Waals surface area (Å²) in [6.45, 7) is 0.465. The van der Waals surface area contributed by atoms with Gasteiger partial charge in [0.15, 0.2) is 5.82 Å². The van der Waals surface area contributed by atoms with E-state index in [0.29, 0.717) is 30.3 Å². The molecule has 1 aliphatic heterocycles. The highest BCUT2D eigenvalue weighted by Gasteiger charge is 2.36. The van der Waals surface area contributed by atoms with Crippen LogP contribution in [0.5, 0.6) is 0 Å². The lowest BCUT2D eigenvalue weighted by molar-refractivity contribution is -0.139. The number of nitrogens with zero attached hydrogens (tertiary/aromatic N) is 5. The molecule has 0 spiro atoms. The van der Waals surface area contributed by atoms with Crippen LogP contribution in [0.2, 0.25) is 0 Å². The molecule has 2 aromatic carbocycles. The van der Waals surface area contributed by atoms with E-state index in [1.165, 1.54) is 10.9 Å². The zero-order valence-electron chi connectivity index (χ0n) is 20.6. The Kier molecular flexibility index (Phi) is 6.71. The third-order valence-electron chi connectivity index (χ3n) is 6.93. The first-order chi connectivity index (χ1) is 17.4. The van der Waals surface area contributed by atoms with Gasteiger partial charge in [-0.05, 0) is 54.4 Å². The van der Waals surface area contributed by atoms with Gasteiger partial charge in [-0.2, -0.15) is 9.90 Å². The molecule has 0 unspecified atom stereocenters. The SMILES string of the molecule is CN(C)c1cnn(CC(=O)N2CCC[C@H]2C(=O)N[C@@H](c2ccccc2)c2ccc(C3CC3)c(F)c2)n1. The van der Waals surface area contributed by atoms with Crippen LogP contribution >= 0.6 is 0 Å². The van der Waals surface area contributed by atoms with E-state index < -0.39 is 12.1 Å². The minimum absolute atomic E-state index is 0.0342. The highest BCUT2D eigenvalue weighted by atomic mass is 19.1. The van der Waals surface area contributed by atoms with Crippen molar-refractivity contribution >= 4 is 17.6 Å². The summed E-state index contributed by atoms with van der Waals surface area (Å²) in [5.74, 6) is 0.282. The molecule has 2 atom stereocenters. The number of nitrogens with one attached hydrogen (secondary N) is 1. The van der Waals surface area contributed by atoms with E-state index in [9.17, 15) is 14.0 Å². The molecule has 1 N–H and O–H groups in total. The van der Waals surface area contributed by atoms with E-state index in [-0.39, 0.29) is 24.2 Å². The Morgan fingerprint density at radius 1 is 1.11 bits per heavy atom. The second kappa shape index (κ2) is 10.1. The summed E-state index contributed by atoms with van der Waals surface area (Å²) < 4.78 is 14.9. The van der Waals surface area contributed by atoms with Gasteiger partial charge in [-0.1, -0.05) is 42.5 Å². The average molecular weight is 491 g/mol. The van der Waals surface area contributed by atoms with Crippen LogP contribution < -0.4 is 10.2 Å². The van der Waals surface area contributed by atoms with Gasteiger partial charge in [0.1, 0.15) is 18.4 Å². The number of carbonyl (C=O) groups is 2. The molecule has 36 heavy (non-hydrogen) atoms. The van der Waals surface area contributed by atoms with Crippen molar-refractivity contribution < 1.29 is 14.0 Å². The molecule has 8 nitrogen and oxygen atoms in total. The summed E-state index contributed by atoms with van der Waals surface area (Å²) in [6, 6.07) is 13.7. The highest BCUT2D eigenvalue weighted by molar-refractivity contribution is 5.88. The molecule has 9 heteroatoms. The van der Waals surface area contributed by atoms with Gasteiger partial charge in [0.05, 0.1) is 12.2 Å². The summed E-state index contributed by atoms with van der Waals surface area (Å²) in [5.41, 5.74) is 2.29. The van der Waals surface area contributed by atoms with Crippen molar-refractivity contribution in [3.63, 3.8) is 0 Å². The fourth-order valence-corrected chi connectivity index (χ4v) is 4.81. The summed E-state index contributed by atoms with van der Waals surface area (Å²) in [6.07, 6.45) is 4.94. The molecule has 3 aromatic rings. The quantitative estimate of drug-likeness (QED) is 0.524. The smallest absolute Gasteiger partial charge is 0.246 e. The molecule has 1 aliphatic carbocycles. The number of benzene rings is 2. The number of amides is 2. The van der Waals surface area contributed by atoms with Crippen LogP contribution in [0, 0.1) is 5.82 Å². The molecule has 0 radical (unpaired) electrons. The first kappa shape index (κ1) is 24.0. The largest absolute Gasteiger partial charge is 0.360 e. The Labute approximate surface area is 210 Å². The monoisotopic (exact) mass is 490 g/mol. The fourth-order valence-electron chi connectivity index (χ4n) is 4.81. The van der Waals surface area contributed by atoms with Gasteiger partial charge in [-0.15, -0.1) is 5.10 Å². The van der Waals surface area contributed by atoms with E-state index in [1.807, 2.05) is 61.5 Å². The first-order valence-corrected chi connectivity index (χ1v) is 12.4. The highest BCUT2D eigenvalue weighted by Crippen LogP contribution is 2.41. The van der Waals surface area contributed by atoms with Crippen molar-refractivity contribution in [1.29, 1.82) is 0 Å². The summed E-state index contributed by atoms with van der Waals surface area (Å²) in [5, 5.41) is 11.6. The maximum atomic E-state index is 14.9. The normalized spacial score (nSPS) is 18.2. The number of likely N-dealkylation sites (tertiary alicyclic amines) is 1. The molecule has 2 fully saturated rings. The van der Waals surface area contributed by atoms with Gasteiger partial charge in [0.2, 0.25) is 11.8 Å². The fraction of sp³-hybridized carbons (Fsp3) is 0.407. The van der Waals surface area contributed by atoms with Crippen LogP contribution in [-0.2, 0) is 16.1 Å². The Morgan fingerprint density at radius 3 is 2.56 bits per heavy atom. The zero-order valence-corrected chi connectivity index (χ0v) is 20.6. The minimum Gasteiger partial charge on any atom is -0.360 e. The maximum Gasteiger partial charge on any atom is 0.246 e. The van der Waals surface area contributed by atoms with Crippen LogP contribution in [0.1, 0.15) is 54.3 Å². The minimum atomic E-state index is -0.594. The van der Waals surface area contributed by atoms with Crippen LogP contribution in [0.25, 0.3) is 0 Å². The van der Waals surface area contributed by atoms with Crippen LogP contribution in [0.3, 0.4) is 0 Å². The number of halogens is 1. The third kappa shape index (κ3) is 5.10. The Hall–Kier alpha value is -3.75. The standard InChI is InChI=1S/C27H31FN6O2/c1-32(2)24-16-29-34(31-24)17-25(35)33-14-6-9-23(33)27(36)30-26(19-7-4-3-5-8-19)20-12-13-21(18-10-11-18)22(28)15-20/h3-5,7-8,12-13,15-16,18,23,26H,6,9-11,14,17H2,1-2H3,(H,30,36)/t23-,26-/m0/s1. The summed E-state index contributed by atoms with van der Waals surface area (Å²) >= 11 is 0. The Bertz CT molecular complexity index is 1240. The molecule has 188 valence electrons. The Balaban J connectivity index is 1.33. The molecule has 1 saturated heterocycles. The molecule has 0 bridgehead atoms. The number of hydrogen-bond donors (Lipinski definition) is 1. The van der Waals surface area contributed by atoms with Crippen LogP contribution in [0.15, 0.2) is 54.7 Å². The van der Waals surface area contributed by atoms with Crippen molar-refractivity contribution in [2.24, 2.45) is 0 Å². The third-order valence-corrected chi connectivity index (χ3v) is 6.93. The van der Waals surface area contributed by atoms with Crippen molar-refractivity contribution in [1.82, 2.24) is 25.2 Å². The van der Waals surface area contributed by atoms with Crippen molar-refractivity contribution in [2.45, 2.75) is 50.2 Å². The van der Waals surface area contributed by atoms with Gasteiger partial charge in [0.25, 0.3) is 0 Å². The number of anilines is 1. The first-order valence-electron chi connectivity index (χ1n) is 12.4. The molecule has 2 amide bonds. The van der Waals surface area contributed by atoms with Gasteiger partial charge < -0.3 is 15.1 Å². The van der Waals surface area contributed by atoms with Gasteiger partial charge >= 0.3 is 0 Å². The van der Waals surface area contributed by atoms with E-state index in [2.05, 4.69) is 15.5 Å². The van der Waals surface area contributed by atoms with E-state index in [4.69, 9.17) is 0 Å². The summed E-state index contributed by atoms with van der Waals surface area (Å²) in [7, 11) is 3.71. The molecule has 2 aliphatic rings. The lowest BCUT2D eigenvalue weighted by atomic mass is 9.96. The van der Waals surface area contributed by atoms with Gasteiger partial charge in [-0.25, -0.2) is 4.39 Å². The predicted octanol–water partition coefficient (Wildman–Crippen LogP) is 3.26. The molecule has 1 saturated carbocycles. The number of rotatable bonds is 8. The molecule has 5 rings (SSSR count). The lowest BCUT2D eigenvalue weighted by Crippen LogP contribution is -2.48. The van der Waals surface area contributed by atoms with Crippen molar-refractivity contribution in [2.75, 3.05) is 25.5 Å². The average Bonchev–Trinajstić information content (AvgIpc) is 3.38. The lowest BCUT2D eigenvalue weighted by Gasteiger charge is -2.27. The summed E-state index contributed by atoms with van der Waals surface area (Å²) in [4.78, 5) is 31.3. The second-order valence-corrected chi connectivity index (χ2v) is 9.78. The van der Waals surface area contributed by atoms with Gasteiger partial charge in [0, 0.05) is 20.6 Å². The van der Waals surface area contributed by atoms with Crippen molar-refractivity contribution in [3.05, 3.63) is 77.2 Å². The molecule has 1 aromatic heterocycles. The van der Waals surface area contributed by atoms with Gasteiger partial charge in [-0.3, -0.25) is 9.59 Å². The number of carbonyl (C=O) groups excluding carboxylic acids is 2. The number of hydrogen-bond acceptors (Lipinski definition) is 5. The van der Waals surface area contributed by atoms with E-state index in [0.717, 1.165) is 30.4 Å². The Morgan fingerprint density at radius 2 is 1.89 bits per heavy atom. The second-order valence-electron chi connectivity index (χ2n) is 9.78.